The van der Waals surface area contributed by atoms with Gasteiger partial charge in [0.2, 0.25) is 0 Å². The molecule has 1 aromatic carbocycles. The summed E-state index contributed by atoms with van der Waals surface area (Å²) in [6.45, 7) is 0.495. The maximum atomic E-state index is 12.0. The predicted molar refractivity (Wildman–Crippen MR) is 86.8 cm³/mol. The lowest BCUT2D eigenvalue weighted by atomic mass is 10.2. The number of nitrogens with zero attached hydrogens (tertiary/aromatic N) is 2. The molecular weight excluding hydrogens is 336 g/mol. The molecule has 0 bridgehead atoms. The molecule has 24 heavy (non-hydrogen) atoms. The average Bonchev–Trinajstić information content (AvgIpc) is 2.58. The summed E-state index contributed by atoms with van der Waals surface area (Å²) in [5, 5.41) is 4.32. The van der Waals surface area contributed by atoms with Gasteiger partial charge in [0.25, 0.3) is 17.4 Å². The number of amides is 2. The first-order valence-electron chi connectivity index (χ1n) is 6.94. The number of carbonyl (C=O) groups is 2. The number of hydrogen-bond acceptors (Lipinski definition) is 5. The molecule has 0 aliphatic heterocycles. The van der Waals surface area contributed by atoms with Gasteiger partial charge in [0.15, 0.2) is 5.69 Å². The molecule has 2 N–H and O–H groups in total. The number of methoxy groups -OCH3 is 1. The van der Waals surface area contributed by atoms with Gasteiger partial charge in [0, 0.05) is 23.8 Å². The van der Waals surface area contributed by atoms with Gasteiger partial charge in [-0.1, -0.05) is 17.7 Å². The number of carbonyl (C=O) groups excluding carboxylic acids is 2. The van der Waals surface area contributed by atoms with Crippen molar-refractivity contribution in [1.29, 1.82) is 0 Å². The Kier molecular flexibility index (Phi) is 6.05. The minimum atomic E-state index is -0.656. The van der Waals surface area contributed by atoms with E-state index in [9.17, 15) is 14.4 Å². The standard InChI is InChI=1S/C15H15ClN4O4/c1-24-8-7-20-13(21)6-5-12(19-20)15(23)18-17-14(22)10-3-2-4-11(16)9-10/h2-6,9H,7-8H2,1H3,(H,17,22)(H,18,23). The van der Waals surface area contributed by atoms with Crippen molar-refractivity contribution in [3.05, 3.63) is 63.0 Å². The van der Waals surface area contributed by atoms with E-state index in [0.717, 1.165) is 4.68 Å². The maximum Gasteiger partial charge on any atom is 0.290 e. The molecule has 2 aromatic rings. The van der Waals surface area contributed by atoms with Crippen molar-refractivity contribution in [2.45, 2.75) is 6.54 Å². The van der Waals surface area contributed by atoms with Gasteiger partial charge in [-0.15, -0.1) is 0 Å². The first-order valence-corrected chi connectivity index (χ1v) is 7.32. The van der Waals surface area contributed by atoms with Crippen LogP contribution >= 0.6 is 11.6 Å². The molecule has 0 saturated carbocycles. The maximum absolute atomic E-state index is 12.0. The second-order valence-corrected chi connectivity index (χ2v) is 5.13. The number of ether oxygens (including phenoxy) is 1. The molecule has 9 heteroatoms. The number of nitrogens with one attached hydrogen (secondary N) is 2. The highest BCUT2D eigenvalue weighted by Gasteiger charge is 2.12. The lowest BCUT2D eigenvalue weighted by molar-refractivity contribution is 0.0842. The summed E-state index contributed by atoms with van der Waals surface area (Å²) in [6, 6.07) is 8.75. The predicted octanol–water partition coefficient (Wildman–Crippen LogP) is 0.618. The summed E-state index contributed by atoms with van der Waals surface area (Å²) in [6.07, 6.45) is 0. The van der Waals surface area contributed by atoms with Crippen LogP contribution in [0.15, 0.2) is 41.2 Å². The highest BCUT2D eigenvalue weighted by atomic mass is 35.5. The van der Waals surface area contributed by atoms with Crippen LogP contribution in [0.2, 0.25) is 5.02 Å². The number of rotatable bonds is 5. The Labute approximate surface area is 142 Å². The van der Waals surface area contributed by atoms with E-state index >= 15 is 0 Å². The van der Waals surface area contributed by atoms with Crippen molar-refractivity contribution in [1.82, 2.24) is 20.6 Å². The lowest BCUT2D eigenvalue weighted by Gasteiger charge is -2.09. The fraction of sp³-hybridized carbons (Fsp3) is 0.200. The first kappa shape index (κ1) is 17.6. The molecule has 2 rings (SSSR count). The van der Waals surface area contributed by atoms with Crippen molar-refractivity contribution in [2.24, 2.45) is 0 Å². The van der Waals surface area contributed by atoms with E-state index in [1.165, 1.54) is 25.3 Å². The second kappa shape index (κ2) is 8.23. The van der Waals surface area contributed by atoms with E-state index in [2.05, 4.69) is 16.0 Å². The Morgan fingerprint density at radius 2 is 1.96 bits per heavy atom. The monoisotopic (exact) mass is 350 g/mol. The van der Waals surface area contributed by atoms with Crippen LogP contribution < -0.4 is 16.4 Å². The number of benzene rings is 1. The highest BCUT2D eigenvalue weighted by molar-refractivity contribution is 6.30. The number of halogens is 1. The molecule has 8 nitrogen and oxygen atoms in total. The number of aromatic nitrogens is 2. The number of hydrogen-bond donors (Lipinski definition) is 2. The molecule has 2 amide bonds. The van der Waals surface area contributed by atoms with Gasteiger partial charge in [-0.05, 0) is 24.3 Å². The molecule has 0 radical (unpaired) electrons. The van der Waals surface area contributed by atoms with Crippen molar-refractivity contribution < 1.29 is 14.3 Å². The molecular formula is C15H15ClN4O4. The Morgan fingerprint density at radius 3 is 2.67 bits per heavy atom. The Bertz CT molecular complexity index is 806. The highest BCUT2D eigenvalue weighted by Crippen LogP contribution is 2.10. The zero-order valence-electron chi connectivity index (χ0n) is 12.8. The lowest BCUT2D eigenvalue weighted by Crippen LogP contribution is -2.42. The van der Waals surface area contributed by atoms with Crippen LogP contribution in [0, 0.1) is 0 Å². The van der Waals surface area contributed by atoms with Crippen LogP contribution in [-0.4, -0.2) is 35.3 Å². The minimum Gasteiger partial charge on any atom is -0.383 e. The van der Waals surface area contributed by atoms with E-state index in [1.54, 1.807) is 18.2 Å². The second-order valence-electron chi connectivity index (χ2n) is 4.69. The smallest absolute Gasteiger partial charge is 0.290 e. The summed E-state index contributed by atoms with van der Waals surface area (Å²) in [5.41, 5.74) is 4.40. The summed E-state index contributed by atoms with van der Waals surface area (Å²) < 4.78 is 5.98. The molecule has 0 spiro atoms. The Balaban J connectivity index is 2.02. The molecule has 0 unspecified atom stereocenters. The van der Waals surface area contributed by atoms with Crippen molar-refractivity contribution in [2.75, 3.05) is 13.7 Å². The van der Waals surface area contributed by atoms with E-state index < -0.39 is 11.8 Å². The van der Waals surface area contributed by atoms with Gasteiger partial charge >= 0.3 is 0 Å². The zero-order chi connectivity index (χ0) is 17.5. The summed E-state index contributed by atoms with van der Waals surface area (Å²) >= 11 is 5.80. The van der Waals surface area contributed by atoms with Crippen LogP contribution in [0.4, 0.5) is 0 Å². The number of hydrazine groups is 1. The third-order valence-electron chi connectivity index (χ3n) is 2.98. The van der Waals surface area contributed by atoms with Crippen LogP contribution in [0.5, 0.6) is 0 Å². The quantitative estimate of drug-likeness (QED) is 0.769. The van der Waals surface area contributed by atoms with E-state index in [0.29, 0.717) is 10.6 Å². The van der Waals surface area contributed by atoms with Gasteiger partial charge in [-0.2, -0.15) is 5.10 Å². The fourth-order valence-corrected chi connectivity index (χ4v) is 1.98. The topological polar surface area (TPSA) is 102 Å². The Morgan fingerprint density at radius 1 is 1.21 bits per heavy atom. The van der Waals surface area contributed by atoms with Gasteiger partial charge in [-0.25, -0.2) is 4.68 Å². The third kappa shape index (κ3) is 4.64. The largest absolute Gasteiger partial charge is 0.383 e. The molecule has 1 heterocycles. The summed E-state index contributed by atoms with van der Waals surface area (Å²) in [7, 11) is 1.49. The minimum absolute atomic E-state index is 0.0166. The first-order chi connectivity index (χ1) is 11.5. The Hall–Kier alpha value is -2.71. The van der Waals surface area contributed by atoms with Gasteiger partial charge in [0.1, 0.15) is 0 Å². The average molecular weight is 351 g/mol. The normalized spacial score (nSPS) is 10.2. The van der Waals surface area contributed by atoms with Crippen LogP contribution in [-0.2, 0) is 11.3 Å². The van der Waals surface area contributed by atoms with Gasteiger partial charge < -0.3 is 4.74 Å². The SMILES string of the molecule is COCCn1nc(C(=O)NNC(=O)c2cccc(Cl)c2)ccc1=O. The van der Waals surface area contributed by atoms with Gasteiger partial charge in [-0.3, -0.25) is 25.2 Å². The van der Waals surface area contributed by atoms with E-state index in [4.69, 9.17) is 16.3 Å². The van der Waals surface area contributed by atoms with Crippen LogP contribution in [0.3, 0.4) is 0 Å². The molecule has 0 fully saturated rings. The summed E-state index contributed by atoms with van der Waals surface area (Å²) in [5.74, 6) is -1.19. The van der Waals surface area contributed by atoms with Gasteiger partial charge in [0.05, 0.1) is 13.2 Å². The summed E-state index contributed by atoms with van der Waals surface area (Å²) in [4.78, 5) is 35.6. The van der Waals surface area contributed by atoms with Crippen molar-refractivity contribution >= 4 is 23.4 Å². The third-order valence-corrected chi connectivity index (χ3v) is 3.22. The van der Waals surface area contributed by atoms with Crippen molar-refractivity contribution in [3.63, 3.8) is 0 Å². The zero-order valence-corrected chi connectivity index (χ0v) is 13.5. The fourth-order valence-electron chi connectivity index (χ4n) is 1.79. The molecule has 126 valence electrons. The van der Waals surface area contributed by atoms with E-state index in [1.807, 2.05) is 0 Å². The van der Waals surface area contributed by atoms with Crippen molar-refractivity contribution in [3.8, 4) is 0 Å². The molecule has 1 aromatic heterocycles. The molecule has 0 atom stereocenters. The van der Waals surface area contributed by atoms with E-state index in [-0.39, 0.29) is 24.4 Å². The molecule has 0 saturated heterocycles. The van der Waals surface area contributed by atoms with Crippen LogP contribution in [0.1, 0.15) is 20.8 Å². The molecule has 0 aliphatic rings. The van der Waals surface area contributed by atoms with Crippen LogP contribution in [0.25, 0.3) is 0 Å². The molecule has 0 aliphatic carbocycles.